The Labute approximate surface area is 271 Å². The molecule has 5 aromatic rings. The summed E-state index contributed by atoms with van der Waals surface area (Å²) in [7, 11) is 0. The Kier molecular flexibility index (Phi) is 10.4. The summed E-state index contributed by atoms with van der Waals surface area (Å²) in [5.74, 6) is -1.62. The minimum absolute atomic E-state index is 0.0198. The van der Waals surface area contributed by atoms with Crippen LogP contribution in [-0.4, -0.2) is 17.7 Å². The van der Waals surface area contributed by atoms with Gasteiger partial charge in [0.2, 0.25) is 5.91 Å². The summed E-state index contributed by atoms with van der Waals surface area (Å²) >= 11 is 1.36. The van der Waals surface area contributed by atoms with E-state index in [9.17, 15) is 18.8 Å². The highest BCUT2D eigenvalue weighted by atomic mass is 32.2. The standard InChI is InChI=1S/C38H32FN3O3S/c1-25-11-9-12-26(2)34(25)42-38(45)35(28-13-5-3-6-14-28)46-32-18-10-17-31(24-32)40-37(44)33(23-27-19-21-30(39)22-20-27)41-36(43)29-15-7-4-8-16-29/h3-24,35H,1-2H3,(H,40,44)(H,41,43)(H,42,45)/b33-23+. The Morgan fingerprint density at radius 1 is 0.717 bits per heavy atom. The third kappa shape index (κ3) is 8.37. The number of thioether (sulfide) groups is 1. The summed E-state index contributed by atoms with van der Waals surface area (Å²) in [5.41, 5.74) is 4.92. The van der Waals surface area contributed by atoms with Crippen LogP contribution in [-0.2, 0) is 9.59 Å². The molecule has 0 heterocycles. The van der Waals surface area contributed by atoms with Crippen LogP contribution in [0.15, 0.2) is 138 Å². The molecule has 0 saturated heterocycles. The Bertz CT molecular complexity index is 1860. The first-order valence-corrected chi connectivity index (χ1v) is 15.5. The van der Waals surface area contributed by atoms with Crippen molar-refractivity contribution in [3.63, 3.8) is 0 Å². The van der Waals surface area contributed by atoms with Crippen LogP contribution in [0.4, 0.5) is 15.8 Å². The summed E-state index contributed by atoms with van der Waals surface area (Å²) in [5, 5.41) is 8.09. The molecule has 5 rings (SSSR count). The third-order valence-corrected chi connectivity index (χ3v) is 8.37. The molecule has 1 atom stereocenters. The molecule has 0 spiro atoms. The molecular weight excluding hydrogens is 598 g/mol. The summed E-state index contributed by atoms with van der Waals surface area (Å²) in [6.07, 6.45) is 1.48. The Morgan fingerprint density at radius 3 is 2.02 bits per heavy atom. The van der Waals surface area contributed by atoms with Gasteiger partial charge >= 0.3 is 0 Å². The van der Waals surface area contributed by atoms with Crippen molar-refractivity contribution in [3.05, 3.63) is 167 Å². The van der Waals surface area contributed by atoms with E-state index in [4.69, 9.17) is 0 Å². The highest BCUT2D eigenvalue weighted by molar-refractivity contribution is 8.00. The maximum atomic E-state index is 13.7. The van der Waals surface area contributed by atoms with Gasteiger partial charge in [0.05, 0.1) is 0 Å². The predicted octanol–water partition coefficient (Wildman–Crippen LogP) is 8.32. The number of carbonyl (C=O) groups excluding carboxylic acids is 3. The third-order valence-electron chi connectivity index (χ3n) is 7.13. The molecule has 8 heteroatoms. The average molecular weight is 630 g/mol. The van der Waals surface area contributed by atoms with Crippen LogP contribution < -0.4 is 16.0 Å². The van der Waals surface area contributed by atoms with Crippen molar-refractivity contribution in [1.82, 2.24) is 5.32 Å². The number of rotatable bonds is 10. The first kappa shape index (κ1) is 31.9. The van der Waals surface area contributed by atoms with Gasteiger partial charge in [-0.1, -0.05) is 84.9 Å². The number of hydrogen-bond acceptors (Lipinski definition) is 4. The normalized spacial score (nSPS) is 11.8. The fourth-order valence-corrected chi connectivity index (χ4v) is 5.83. The predicted molar refractivity (Wildman–Crippen MR) is 183 cm³/mol. The Balaban J connectivity index is 1.38. The van der Waals surface area contributed by atoms with Crippen LogP contribution in [0.1, 0.15) is 37.9 Å². The first-order valence-electron chi connectivity index (χ1n) is 14.6. The van der Waals surface area contributed by atoms with E-state index >= 15 is 0 Å². The number of amides is 3. The van der Waals surface area contributed by atoms with Crippen LogP contribution in [0, 0.1) is 19.7 Å². The molecule has 6 nitrogen and oxygen atoms in total. The molecule has 230 valence electrons. The highest BCUT2D eigenvalue weighted by Crippen LogP contribution is 2.37. The minimum atomic E-state index is -0.578. The maximum absolute atomic E-state index is 13.7. The molecule has 0 aromatic heterocycles. The molecule has 0 bridgehead atoms. The Hall–Kier alpha value is -5.47. The van der Waals surface area contributed by atoms with E-state index in [1.807, 2.05) is 68.4 Å². The van der Waals surface area contributed by atoms with Crippen molar-refractivity contribution < 1.29 is 18.8 Å². The fraction of sp³-hybridized carbons (Fsp3) is 0.0789. The van der Waals surface area contributed by atoms with Crippen LogP contribution in [0.3, 0.4) is 0 Å². The van der Waals surface area contributed by atoms with E-state index in [1.165, 1.54) is 42.1 Å². The number of hydrogen-bond donors (Lipinski definition) is 3. The Morgan fingerprint density at radius 2 is 1.35 bits per heavy atom. The van der Waals surface area contributed by atoms with Gasteiger partial charge in [0.15, 0.2) is 0 Å². The molecule has 0 fully saturated rings. The lowest BCUT2D eigenvalue weighted by atomic mass is 10.1. The number of carbonyl (C=O) groups is 3. The minimum Gasteiger partial charge on any atom is -0.324 e. The number of halogens is 1. The SMILES string of the molecule is Cc1cccc(C)c1NC(=O)C(Sc1cccc(NC(=O)/C(=C\c2ccc(F)cc2)NC(=O)c2ccccc2)c1)c1ccccc1. The summed E-state index contributed by atoms with van der Waals surface area (Å²) in [6, 6.07) is 36.7. The summed E-state index contributed by atoms with van der Waals surface area (Å²) in [4.78, 5) is 41.0. The van der Waals surface area contributed by atoms with E-state index in [0.29, 0.717) is 16.8 Å². The molecule has 0 aliphatic rings. The summed E-state index contributed by atoms with van der Waals surface area (Å²) < 4.78 is 13.5. The zero-order valence-corrected chi connectivity index (χ0v) is 26.1. The van der Waals surface area contributed by atoms with Crippen molar-refractivity contribution in [2.75, 3.05) is 10.6 Å². The lowest BCUT2D eigenvalue weighted by Gasteiger charge is -2.19. The lowest BCUT2D eigenvalue weighted by molar-refractivity contribution is -0.116. The molecule has 46 heavy (non-hydrogen) atoms. The monoisotopic (exact) mass is 629 g/mol. The molecule has 1 unspecified atom stereocenters. The highest BCUT2D eigenvalue weighted by Gasteiger charge is 2.24. The molecule has 3 N–H and O–H groups in total. The quantitative estimate of drug-likeness (QED) is 0.107. The van der Waals surface area contributed by atoms with Gasteiger partial charge in [-0.25, -0.2) is 4.39 Å². The number of anilines is 2. The van der Waals surface area contributed by atoms with E-state index in [1.54, 1.807) is 48.5 Å². The van der Waals surface area contributed by atoms with Gasteiger partial charge in [-0.15, -0.1) is 11.8 Å². The maximum Gasteiger partial charge on any atom is 0.272 e. The van der Waals surface area contributed by atoms with Gasteiger partial charge in [0, 0.05) is 21.8 Å². The molecule has 0 aliphatic heterocycles. The second-order valence-electron chi connectivity index (χ2n) is 10.6. The number of nitrogens with one attached hydrogen (secondary N) is 3. The van der Waals surface area contributed by atoms with Gasteiger partial charge in [-0.3, -0.25) is 14.4 Å². The van der Waals surface area contributed by atoms with E-state index in [2.05, 4.69) is 16.0 Å². The fourth-order valence-electron chi connectivity index (χ4n) is 4.75. The second kappa shape index (κ2) is 15.0. The van der Waals surface area contributed by atoms with Crippen molar-refractivity contribution in [2.24, 2.45) is 0 Å². The van der Waals surface area contributed by atoms with Gasteiger partial charge in [-0.05, 0) is 84.6 Å². The molecule has 5 aromatic carbocycles. The largest absolute Gasteiger partial charge is 0.324 e. The number of aryl methyl sites for hydroxylation is 2. The van der Waals surface area contributed by atoms with E-state index < -0.39 is 22.9 Å². The van der Waals surface area contributed by atoms with Gasteiger partial charge in [-0.2, -0.15) is 0 Å². The molecule has 0 aliphatic carbocycles. The van der Waals surface area contributed by atoms with E-state index in [-0.39, 0.29) is 11.6 Å². The van der Waals surface area contributed by atoms with Gasteiger partial charge < -0.3 is 16.0 Å². The van der Waals surface area contributed by atoms with Crippen molar-refractivity contribution >= 4 is 46.9 Å². The molecule has 3 amide bonds. The smallest absolute Gasteiger partial charge is 0.272 e. The van der Waals surface area contributed by atoms with Crippen LogP contribution in [0.5, 0.6) is 0 Å². The van der Waals surface area contributed by atoms with Crippen LogP contribution >= 0.6 is 11.8 Å². The van der Waals surface area contributed by atoms with Gasteiger partial charge in [0.25, 0.3) is 11.8 Å². The summed E-state index contributed by atoms with van der Waals surface area (Å²) in [6.45, 7) is 3.92. The van der Waals surface area contributed by atoms with Crippen molar-refractivity contribution in [3.8, 4) is 0 Å². The molecule has 0 saturated carbocycles. The van der Waals surface area contributed by atoms with Gasteiger partial charge in [0.1, 0.15) is 16.8 Å². The molecular formula is C38H32FN3O3S. The van der Waals surface area contributed by atoms with Crippen molar-refractivity contribution in [1.29, 1.82) is 0 Å². The topological polar surface area (TPSA) is 87.3 Å². The van der Waals surface area contributed by atoms with Crippen LogP contribution in [0.25, 0.3) is 6.08 Å². The van der Waals surface area contributed by atoms with E-state index in [0.717, 1.165) is 27.3 Å². The van der Waals surface area contributed by atoms with Crippen LogP contribution in [0.2, 0.25) is 0 Å². The average Bonchev–Trinajstić information content (AvgIpc) is 3.07. The second-order valence-corrected chi connectivity index (χ2v) is 11.8. The lowest BCUT2D eigenvalue weighted by Crippen LogP contribution is -2.30. The molecule has 0 radical (unpaired) electrons. The number of para-hydroxylation sites is 1. The zero-order chi connectivity index (χ0) is 32.5. The number of benzene rings is 5. The zero-order valence-electron chi connectivity index (χ0n) is 25.3. The van der Waals surface area contributed by atoms with Crippen molar-refractivity contribution in [2.45, 2.75) is 24.0 Å². The first-order chi connectivity index (χ1) is 22.3.